The quantitative estimate of drug-likeness (QED) is 0.567. The van der Waals surface area contributed by atoms with E-state index in [4.69, 9.17) is 4.42 Å². The van der Waals surface area contributed by atoms with E-state index in [1.807, 2.05) is 0 Å². The maximum atomic E-state index is 12.6. The normalized spacial score (nSPS) is 14.9. The van der Waals surface area contributed by atoms with Crippen LogP contribution in [-0.4, -0.2) is 17.9 Å². The molecule has 0 saturated heterocycles. The van der Waals surface area contributed by atoms with E-state index >= 15 is 0 Å². The monoisotopic (exact) mass is 405 g/mol. The Morgan fingerprint density at radius 2 is 2.00 bits per heavy atom. The smallest absolute Gasteiger partial charge is 0.417 e. The summed E-state index contributed by atoms with van der Waals surface area (Å²) in [5.41, 5.74) is 2.56. The SMILES string of the molecule is C[C@@H](C(=O)NC1=C=CC(C(F)(F)F)=CS1)c1cccc(C(=O)c2ccco2)c1. The number of hydrogen-bond donors (Lipinski definition) is 1. The van der Waals surface area contributed by atoms with E-state index in [0.29, 0.717) is 11.1 Å². The van der Waals surface area contributed by atoms with Crippen molar-refractivity contribution in [2.45, 2.75) is 19.0 Å². The maximum absolute atomic E-state index is 12.6. The molecule has 8 heteroatoms. The van der Waals surface area contributed by atoms with Crippen molar-refractivity contribution in [3.8, 4) is 0 Å². The molecule has 4 nitrogen and oxygen atoms in total. The zero-order chi connectivity index (χ0) is 20.3. The number of thioether (sulfide) groups is 1. The van der Waals surface area contributed by atoms with Crippen LogP contribution in [0.25, 0.3) is 0 Å². The van der Waals surface area contributed by atoms with E-state index in [-0.39, 0.29) is 16.6 Å². The highest BCUT2D eigenvalue weighted by atomic mass is 32.2. The topological polar surface area (TPSA) is 59.3 Å². The van der Waals surface area contributed by atoms with E-state index in [0.717, 1.165) is 23.2 Å². The maximum Gasteiger partial charge on any atom is 0.417 e. The first-order valence-electron chi connectivity index (χ1n) is 8.15. The lowest BCUT2D eigenvalue weighted by Crippen LogP contribution is -2.26. The second-order valence-electron chi connectivity index (χ2n) is 5.95. The number of carbonyl (C=O) groups excluding carboxylic acids is 2. The van der Waals surface area contributed by atoms with Crippen LogP contribution < -0.4 is 5.32 Å². The van der Waals surface area contributed by atoms with Crippen molar-refractivity contribution < 1.29 is 27.2 Å². The van der Waals surface area contributed by atoms with E-state index < -0.39 is 23.6 Å². The molecule has 28 heavy (non-hydrogen) atoms. The van der Waals surface area contributed by atoms with Gasteiger partial charge in [-0.1, -0.05) is 35.7 Å². The molecule has 3 rings (SSSR count). The molecular formula is C20H14F3NO3S. The van der Waals surface area contributed by atoms with Crippen LogP contribution in [0.2, 0.25) is 0 Å². The fourth-order valence-corrected chi connectivity index (χ4v) is 3.15. The molecule has 1 aliphatic heterocycles. The first-order chi connectivity index (χ1) is 13.3. The van der Waals surface area contributed by atoms with Crippen molar-refractivity contribution in [1.82, 2.24) is 5.32 Å². The predicted molar refractivity (Wildman–Crippen MR) is 98.5 cm³/mol. The van der Waals surface area contributed by atoms with Gasteiger partial charge in [0, 0.05) is 5.56 Å². The Hall–Kier alpha value is -2.96. The highest BCUT2D eigenvalue weighted by molar-refractivity contribution is 8.05. The fraction of sp³-hybridized carbons (Fsp3) is 0.150. The number of hydrogen-bond acceptors (Lipinski definition) is 4. The number of allylic oxidation sites excluding steroid dienone is 2. The molecule has 2 aromatic rings. The van der Waals surface area contributed by atoms with Crippen LogP contribution in [0.5, 0.6) is 0 Å². The molecule has 1 aromatic heterocycles. The number of furan rings is 1. The third-order valence-corrected chi connectivity index (χ3v) is 4.84. The van der Waals surface area contributed by atoms with Crippen molar-refractivity contribution >= 4 is 23.5 Å². The van der Waals surface area contributed by atoms with Crippen molar-refractivity contribution in [3.63, 3.8) is 0 Å². The fourth-order valence-electron chi connectivity index (χ4n) is 2.42. The van der Waals surface area contributed by atoms with Gasteiger partial charge in [-0.2, -0.15) is 13.2 Å². The van der Waals surface area contributed by atoms with Gasteiger partial charge in [-0.15, -0.1) is 0 Å². The number of alkyl halides is 3. The van der Waals surface area contributed by atoms with Gasteiger partial charge in [0.15, 0.2) is 5.76 Å². The summed E-state index contributed by atoms with van der Waals surface area (Å²) in [4.78, 5) is 24.8. The number of benzene rings is 1. The van der Waals surface area contributed by atoms with Crippen molar-refractivity contribution in [3.05, 3.63) is 87.4 Å². The van der Waals surface area contributed by atoms with Gasteiger partial charge in [0.05, 0.1) is 17.8 Å². The first-order valence-corrected chi connectivity index (χ1v) is 9.03. The van der Waals surface area contributed by atoms with Crippen molar-refractivity contribution in [2.75, 3.05) is 0 Å². The van der Waals surface area contributed by atoms with Crippen molar-refractivity contribution in [2.24, 2.45) is 0 Å². The summed E-state index contributed by atoms with van der Waals surface area (Å²) in [6, 6.07) is 9.72. The van der Waals surface area contributed by atoms with Crippen LogP contribution in [0.3, 0.4) is 0 Å². The van der Waals surface area contributed by atoms with Gasteiger partial charge < -0.3 is 9.73 Å². The lowest BCUT2D eigenvalue weighted by Gasteiger charge is -2.15. The van der Waals surface area contributed by atoms with E-state index in [9.17, 15) is 22.8 Å². The molecule has 0 spiro atoms. The first kappa shape index (κ1) is 19.8. The number of halogens is 3. The van der Waals surface area contributed by atoms with Gasteiger partial charge in [0.1, 0.15) is 5.03 Å². The minimum atomic E-state index is -4.45. The molecule has 0 unspecified atom stereocenters. The molecule has 0 saturated carbocycles. The van der Waals surface area contributed by atoms with Crippen LogP contribution in [-0.2, 0) is 4.79 Å². The number of amides is 1. The minimum Gasteiger partial charge on any atom is -0.461 e. The average molecular weight is 405 g/mol. The second-order valence-corrected chi connectivity index (χ2v) is 6.83. The molecule has 1 aromatic carbocycles. The molecular weight excluding hydrogens is 391 g/mol. The zero-order valence-electron chi connectivity index (χ0n) is 14.5. The molecule has 1 aliphatic rings. The third-order valence-electron chi connectivity index (χ3n) is 4.01. The summed E-state index contributed by atoms with van der Waals surface area (Å²) >= 11 is 0.739. The molecule has 2 heterocycles. The second kappa shape index (κ2) is 7.96. The predicted octanol–water partition coefficient (Wildman–Crippen LogP) is 4.92. The Morgan fingerprint density at radius 1 is 1.21 bits per heavy atom. The molecule has 0 aliphatic carbocycles. The summed E-state index contributed by atoms with van der Waals surface area (Å²) in [5.74, 6) is -1.17. The van der Waals surface area contributed by atoms with E-state index in [1.165, 1.54) is 6.26 Å². The summed E-state index contributed by atoms with van der Waals surface area (Å²) in [5, 5.41) is 3.64. The number of rotatable bonds is 5. The summed E-state index contributed by atoms with van der Waals surface area (Å²) in [6.07, 6.45) is -2.27. The Kier molecular flexibility index (Phi) is 5.63. The Balaban J connectivity index is 1.72. The molecule has 1 atom stereocenters. The summed E-state index contributed by atoms with van der Waals surface area (Å²) in [6.45, 7) is 1.64. The molecule has 144 valence electrons. The standard InChI is InChI=1S/C20H14F3NO3S/c1-12(19(26)24-17-8-7-15(11-28-17)20(21,22)23)13-4-2-5-14(10-13)18(25)16-6-3-9-27-16/h2-7,9-12H,1H3,(H,24,26)/t12-/m1/s1. The lowest BCUT2D eigenvalue weighted by molar-refractivity contribution is -0.121. The molecule has 1 amide bonds. The van der Waals surface area contributed by atoms with Gasteiger partial charge in [0.25, 0.3) is 0 Å². The van der Waals surface area contributed by atoms with Crippen LogP contribution >= 0.6 is 11.8 Å². The lowest BCUT2D eigenvalue weighted by atomic mass is 9.96. The van der Waals surface area contributed by atoms with E-state index in [1.54, 1.807) is 43.3 Å². The molecule has 0 fully saturated rings. The highest BCUT2D eigenvalue weighted by Gasteiger charge is 2.33. The van der Waals surface area contributed by atoms with Gasteiger partial charge in [-0.25, -0.2) is 0 Å². The third kappa shape index (κ3) is 4.47. The summed E-state index contributed by atoms with van der Waals surface area (Å²) < 4.78 is 42.9. The van der Waals surface area contributed by atoms with Gasteiger partial charge in [-0.3, -0.25) is 9.59 Å². The van der Waals surface area contributed by atoms with E-state index in [2.05, 4.69) is 11.0 Å². The summed E-state index contributed by atoms with van der Waals surface area (Å²) in [7, 11) is 0. The van der Waals surface area contributed by atoms with Crippen LogP contribution in [0, 0.1) is 0 Å². The number of ketones is 1. The largest absolute Gasteiger partial charge is 0.461 e. The molecule has 1 N–H and O–H groups in total. The zero-order valence-corrected chi connectivity index (χ0v) is 15.4. The van der Waals surface area contributed by atoms with Gasteiger partial charge in [-0.05, 0) is 42.2 Å². The van der Waals surface area contributed by atoms with Crippen LogP contribution in [0.15, 0.2) is 74.9 Å². The highest BCUT2D eigenvalue weighted by Crippen LogP contribution is 2.32. The van der Waals surface area contributed by atoms with Gasteiger partial charge in [0.2, 0.25) is 11.7 Å². The van der Waals surface area contributed by atoms with Crippen molar-refractivity contribution in [1.29, 1.82) is 0 Å². The van der Waals surface area contributed by atoms with Crippen LogP contribution in [0.1, 0.15) is 34.5 Å². The minimum absolute atomic E-state index is 0.174. The van der Waals surface area contributed by atoms with Crippen LogP contribution in [0.4, 0.5) is 13.2 Å². The average Bonchev–Trinajstić information content (AvgIpc) is 3.21. The molecule has 0 radical (unpaired) electrons. The molecule has 0 bridgehead atoms. The van der Waals surface area contributed by atoms with Gasteiger partial charge >= 0.3 is 6.18 Å². The number of carbonyl (C=O) groups is 2. The Bertz CT molecular complexity index is 1000. The Labute approximate surface area is 162 Å². The number of nitrogens with one attached hydrogen (secondary N) is 1. The Morgan fingerprint density at radius 3 is 2.61 bits per heavy atom.